The second-order valence-corrected chi connectivity index (χ2v) is 5.35. The summed E-state index contributed by atoms with van der Waals surface area (Å²) in [5, 5.41) is 9.05. The third-order valence-corrected chi connectivity index (χ3v) is 4.40. The van der Waals surface area contributed by atoms with E-state index in [1.165, 1.54) is 25.7 Å². The molecule has 3 aliphatic rings. The Labute approximate surface area is 90.8 Å². The molecule has 2 saturated carbocycles. The Kier molecular flexibility index (Phi) is 2.49. The molecule has 0 aromatic rings. The second-order valence-electron chi connectivity index (χ2n) is 5.35. The maximum absolute atomic E-state index is 9.05. The molecule has 0 aromatic heterocycles. The number of hydrogen-bond donors (Lipinski definition) is 1. The molecule has 86 valence electrons. The Morgan fingerprint density at radius 3 is 2.80 bits per heavy atom. The zero-order valence-corrected chi connectivity index (χ0v) is 9.15. The van der Waals surface area contributed by atoms with Gasteiger partial charge in [0, 0.05) is 13.2 Å². The molecule has 0 radical (unpaired) electrons. The second kappa shape index (κ2) is 3.72. The maximum Gasteiger partial charge on any atom is 0.157 e. The quantitative estimate of drug-likeness (QED) is 0.768. The lowest BCUT2D eigenvalue weighted by molar-refractivity contribution is -0.165. The van der Waals surface area contributed by atoms with Crippen molar-refractivity contribution < 1.29 is 14.6 Å². The van der Waals surface area contributed by atoms with Gasteiger partial charge in [-0.15, -0.1) is 0 Å². The Bertz CT molecular complexity index is 237. The van der Waals surface area contributed by atoms with E-state index in [9.17, 15) is 0 Å². The number of rotatable bonds is 4. The smallest absolute Gasteiger partial charge is 0.157 e. The van der Waals surface area contributed by atoms with Crippen molar-refractivity contribution in [3.8, 4) is 0 Å². The number of ether oxygens (including phenoxy) is 2. The highest BCUT2D eigenvalue weighted by molar-refractivity contribution is 5.17. The fourth-order valence-electron chi connectivity index (χ4n) is 3.09. The van der Waals surface area contributed by atoms with Crippen LogP contribution in [0.3, 0.4) is 0 Å². The van der Waals surface area contributed by atoms with E-state index in [0.717, 1.165) is 19.6 Å². The van der Waals surface area contributed by atoms with Crippen LogP contribution >= 0.6 is 0 Å². The fraction of sp³-hybridized carbons (Fsp3) is 1.00. The van der Waals surface area contributed by atoms with E-state index < -0.39 is 0 Å². The first-order valence-corrected chi connectivity index (χ1v) is 6.19. The summed E-state index contributed by atoms with van der Waals surface area (Å²) in [6.45, 7) is 2.08. The predicted molar refractivity (Wildman–Crippen MR) is 55.3 cm³/mol. The largest absolute Gasteiger partial charge is 0.396 e. The summed E-state index contributed by atoms with van der Waals surface area (Å²) in [7, 11) is 0. The molecule has 3 fully saturated rings. The average Bonchev–Trinajstić information content (AvgIpc) is 3.17. The molecular formula is C12H20O3. The molecule has 2 aliphatic carbocycles. The van der Waals surface area contributed by atoms with Gasteiger partial charge in [0.15, 0.2) is 6.29 Å². The molecule has 15 heavy (non-hydrogen) atoms. The van der Waals surface area contributed by atoms with Gasteiger partial charge in [0.1, 0.15) is 0 Å². The van der Waals surface area contributed by atoms with Gasteiger partial charge in [-0.05, 0) is 49.4 Å². The lowest BCUT2D eigenvalue weighted by atomic mass is 10.2. The summed E-state index contributed by atoms with van der Waals surface area (Å²) in [5.74, 6) is 1.29. The van der Waals surface area contributed by atoms with Gasteiger partial charge in [0.2, 0.25) is 0 Å². The van der Waals surface area contributed by atoms with Crippen molar-refractivity contribution in [2.24, 2.45) is 17.3 Å². The van der Waals surface area contributed by atoms with Gasteiger partial charge in [-0.2, -0.15) is 0 Å². The van der Waals surface area contributed by atoms with Gasteiger partial charge in [-0.1, -0.05) is 0 Å². The van der Waals surface area contributed by atoms with Gasteiger partial charge in [-0.3, -0.25) is 0 Å². The molecule has 1 heterocycles. The van der Waals surface area contributed by atoms with Gasteiger partial charge in [-0.25, -0.2) is 0 Å². The van der Waals surface area contributed by atoms with Crippen LogP contribution in [0.1, 0.15) is 32.1 Å². The fourth-order valence-corrected chi connectivity index (χ4v) is 3.09. The first-order chi connectivity index (χ1) is 7.35. The Balaban J connectivity index is 1.38. The van der Waals surface area contributed by atoms with E-state index in [1.807, 2.05) is 0 Å². The van der Waals surface area contributed by atoms with Crippen LogP contribution in [0.5, 0.6) is 0 Å². The van der Waals surface area contributed by atoms with Crippen molar-refractivity contribution in [1.29, 1.82) is 0 Å². The minimum atomic E-state index is 0.0581. The monoisotopic (exact) mass is 212 g/mol. The minimum Gasteiger partial charge on any atom is -0.396 e. The normalized spacial score (nSPS) is 48.2. The van der Waals surface area contributed by atoms with Crippen molar-refractivity contribution in [3.63, 3.8) is 0 Å². The first-order valence-electron chi connectivity index (χ1n) is 6.19. The molecule has 1 N–H and O–H groups in total. The highest BCUT2D eigenvalue weighted by Gasteiger charge is 2.69. The van der Waals surface area contributed by atoms with Crippen LogP contribution in [-0.2, 0) is 9.47 Å². The van der Waals surface area contributed by atoms with E-state index in [0.29, 0.717) is 23.9 Å². The highest BCUT2D eigenvalue weighted by atomic mass is 16.7. The number of aliphatic hydroxyl groups is 1. The first kappa shape index (κ1) is 10.1. The predicted octanol–water partition coefficient (Wildman–Crippen LogP) is 1.55. The van der Waals surface area contributed by atoms with Crippen LogP contribution in [0, 0.1) is 17.3 Å². The maximum atomic E-state index is 9.05. The van der Waals surface area contributed by atoms with Crippen LogP contribution in [-0.4, -0.2) is 31.2 Å². The lowest BCUT2D eigenvalue weighted by Gasteiger charge is -2.22. The summed E-state index contributed by atoms with van der Waals surface area (Å²) in [4.78, 5) is 0. The third-order valence-electron chi connectivity index (χ3n) is 4.40. The molecule has 0 aromatic carbocycles. The molecule has 0 bridgehead atoms. The molecule has 4 atom stereocenters. The minimum absolute atomic E-state index is 0.0581. The summed E-state index contributed by atoms with van der Waals surface area (Å²) in [6.07, 6.45) is 6.03. The van der Waals surface area contributed by atoms with Crippen molar-refractivity contribution in [2.45, 2.75) is 38.4 Å². The Hall–Kier alpha value is -0.120. The van der Waals surface area contributed by atoms with Gasteiger partial charge in [0.05, 0.1) is 6.61 Å². The van der Waals surface area contributed by atoms with Crippen LogP contribution in [0.4, 0.5) is 0 Å². The third kappa shape index (κ3) is 1.81. The van der Waals surface area contributed by atoms with Crippen LogP contribution < -0.4 is 0 Å². The van der Waals surface area contributed by atoms with E-state index in [-0.39, 0.29) is 6.29 Å². The van der Waals surface area contributed by atoms with Crippen LogP contribution in [0.2, 0.25) is 0 Å². The van der Waals surface area contributed by atoms with Gasteiger partial charge in [0.25, 0.3) is 0 Å². The van der Waals surface area contributed by atoms with Crippen molar-refractivity contribution in [2.75, 3.05) is 19.8 Å². The lowest BCUT2D eigenvalue weighted by Crippen LogP contribution is -2.23. The zero-order chi connectivity index (χ0) is 10.3. The molecular weight excluding hydrogens is 192 g/mol. The summed E-state index contributed by atoms with van der Waals surface area (Å²) >= 11 is 0. The van der Waals surface area contributed by atoms with Crippen molar-refractivity contribution >= 4 is 0 Å². The average molecular weight is 212 g/mol. The van der Waals surface area contributed by atoms with E-state index in [1.54, 1.807) is 0 Å². The molecule has 1 spiro atoms. The molecule has 3 heteroatoms. The zero-order valence-electron chi connectivity index (χ0n) is 9.15. The molecule has 1 aliphatic heterocycles. The Morgan fingerprint density at radius 2 is 2.13 bits per heavy atom. The highest BCUT2D eigenvalue weighted by Crippen LogP contribution is 2.74. The van der Waals surface area contributed by atoms with Crippen LogP contribution in [0.15, 0.2) is 0 Å². The van der Waals surface area contributed by atoms with E-state index in [4.69, 9.17) is 14.6 Å². The molecule has 3 rings (SSSR count). The summed E-state index contributed by atoms with van der Waals surface area (Å²) in [6, 6.07) is 0. The van der Waals surface area contributed by atoms with Crippen LogP contribution in [0.25, 0.3) is 0 Å². The standard InChI is InChI=1S/C12H20O3/c13-7-9-5-12(9)6-10(12)8-15-11-3-1-2-4-14-11/h9-11,13H,1-8H2/t9-,10-,11?,12-/m0/s1. The number of hydrogen-bond acceptors (Lipinski definition) is 3. The van der Waals surface area contributed by atoms with E-state index >= 15 is 0 Å². The molecule has 0 amide bonds. The van der Waals surface area contributed by atoms with E-state index in [2.05, 4.69) is 0 Å². The van der Waals surface area contributed by atoms with Gasteiger partial charge >= 0.3 is 0 Å². The molecule has 3 nitrogen and oxygen atoms in total. The van der Waals surface area contributed by atoms with Crippen molar-refractivity contribution in [1.82, 2.24) is 0 Å². The van der Waals surface area contributed by atoms with Crippen molar-refractivity contribution in [3.05, 3.63) is 0 Å². The number of aliphatic hydroxyl groups excluding tert-OH is 1. The summed E-state index contributed by atoms with van der Waals surface area (Å²) < 4.78 is 11.3. The topological polar surface area (TPSA) is 38.7 Å². The Morgan fingerprint density at radius 1 is 1.27 bits per heavy atom. The van der Waals surface area contributed by atoms with Gasteiger partial charge < -0.3 is 14.6 Å². The molecule has 1 saturated heterocycles. The SMILES string of the molecule is OC[C@@H]1C[C@]12C[C@H]2COC1CCCCO1. The summed E-state index contributed by atoms with van der Waals surface area (Å²) in [5.41, 5.74) is 0.503. The molecule has 1 unspecified atom stereocenters.